The van der Waals surface area contributed by atoms with E-state index in [0.717, 1.165) is 30.8 Å². The van der Waals surface area contributed by atoms with Gasteiger partial charge in [-0.2, -0.15) is 0 Å². The monoisotopic (exact) mass is 368 g/mol. The molecule has 0 bridgehead atoms. The summed E-state index contributed by atoms with van der Waals surface area (Å²) in [5, 5.41) is 9.42. The summed E-state index contributed by atoms with van der Waals surface area (Å²) >= 11 is 0. The largest absolute Gasteiger partial charge is 0.322 e. The van der Waals surface area contributed by atoms with E-state index in [0.29, 0.717) is 30.0 Å². The van der Waals surface area contributed by atoms with Crippen LogP contribution in [0.15, 0.2) is 18.2 Å². The first-order valence-corrected chi connectivity index (χ1v) is 9.77. The first-order valence-electron chi connectivity index (χ1n) is 9.77. The number of nitrogens with zero attached hydrogens (tertiary/aromatic N) is 1. The second kappa shape index (κ2) is 6.14. The number of imide groups is 1. The van der Waals surface area contributed by atoms with Crippen LogP contribution in [-0.2, 0) is 22.7 Å². The number of hydrogen-bond donors (Lipinski definition) is 3. The number of nitrogens with one attached hydrogen (secondary N) is 3. The maximum absolute atomic E-state index is 12.9. The molecule has 3 heterocycles. The number of carbonyl (C=O) groups is 3. The summed E-state index contributed by atoms with van der Waals surface area (Å²) in [4.78, 5) is 38.1. The molecule has 7 heteroatoms. The smallest absolute Gasteiger partial charge is 0.255 e. The summed E-state index contributed by atoms with van der Waals surface area (Å²) in [5.41, 5.74) is 3.27. The van der Waals surface area contributed by atoms with Crippen molar-refractivity contribution in [2.45, 2.75) is 50.9 Å². The van der Waals surface area contributed by atoms with Crippen molar-refractivity contribution in [3.63, 3.8) is 0 Å². The summed E-state index contributed by atoms with van der Waals surface area (Å²) in [7, 11) is 0. The molecule has 3 aliphatic heterocycles. The molecular weight excluding hydrogens is 344 g/mol. The molecular formula is C20H24N4O3. The number of carbonyl (C=O) groups excluding carboxylic acids is 3. The third-order valence-electron chi connectivity index (χ3n) is 6.84. The summed E-state index contributed by atoms with van der Waals surface area (Å²) in [6.45, 7) is 3.38. The second-order valence-corrected chi connectivity index (χ2v) is 8.28. The first kappa shape index (κ1) is 16.9. The Morgan fingerprint density at radius 2 is 2.04 bits per heavy atom. The van der Waals surface area contributed by atoms with Crippen LogP contribution in [0.4, 0.5) is 0 Å². The van der Waals surface area contributed by atoms with Gasteiger partial charge in [0.15, 0.2) is 0 Å². The first-order chi connectivity index (χ1) is 13.1. The second-order valence-electron chi connectivity index (χ2n) is 8.28. The van der Waals surface area contributed by atoms with E-state index >= 15 is 0 Å². The molecule has 2 atom stereocenters. The molecule has 2 saturated heterocycles. The number of rotatable bonds is 4. The number of piperidine rings is 1. The van der Waals surface area contributed by atoms with Crippen molar-refractivity contribution in [3.8, 4) is 0 Å². The van der Waals surface area contributed by atoms with Crippen LogP contribution in [0.2, 0.25) is 0 Å². The molecule has 0 radical (unpaired) electrons. The van der Waals surface area contributed by atoms with Gasteiger partial charge in [0.25, 0.3) is 5.91 Å². The Kier molecular flexibility index (Phi) is 3.84. The van der Waals surface area contributed by atoms with Crippen LogP contribution in [-0.4, -0.2) is 47.8 Å². The van der Waals surface area contributed by atoms with Crippen LogP contribution in [0.1, 0.15) is 47.2 Å². The zero-order valence-electron chi connectivity index (χ0n) is 15.2. The minimum Gasteiger partial charge on any atom is -0.322 e. The van der Waals surface area contributed by atoms with Crippen molar-refractivity contribution in [1.82, 2.24) is 20.9 Å². The molecule has 1 spiro atoms. The van der Waals surface area contributed by atoms with Gasteiger partial charge in [0.1, 0.15) is 6.04 Å². The lowest BCUT2D eigenvalue weighted by atomic mass is 9.60. The van der Waals surface area contributed by atoms with Crippen molar-refractivity contribution < 1.29 is 14.4 Å². The molecule has 4 aliphatic rings. The van der Waals surface area contributed by atoms with Crippen LogP contribution in [0.5, 0.6) is 0 Å². The maximum Gasteiger partial charge on any atom is 0.255 e. The average Bonchev–Trinajstić information content (AvgIpc) is 2.91. The van der Waals surface area contributed by atoms with Gasteiger partial charge in [0.2, 0.25) is 11.8 Å². The van der Waals surface area contributed by atoms with E-state index in [9.17, 15) is 14.4 Å². The summed E-state index contributed by atoms with van der Waals surface area (Å²) < 4.78 is 0. The molecule has 3 fully saturated rings. The molecule has 1 aromatic rings. The predicted molar refractivity (Wildman–Crippen MR) is 97.7 cm³/mol. The molecule has 1 aliphatic carbocycles. The van der Waals surface area contributed by atoms with E-state index in [1.807, 2.05) is 12.1 Å². The van der Waals surface area contributed by atoms with E-state index in [1.165, 1.54) is 12.8 Å². The van der Waals surface area contributed by atoms with Crippen molar-refractivity contribution >= 4 is 17.7 Å². The van der Waals surface area contributed by atoms with Gasteiger partial charge in [-0.25, -0.2) is 0 Å². The summed E-state index contributed by atoms with van der Waals surface area (Å²) in [5.74, 6) is -0.726. The molecule has 3 N–H and O–H groups in total. The molecule has 5 rings (SSSR count). The molecule has 1 aromatic carbocycles. The van der Waals surface area contributed by atoms with Crippen molar-refractivity contribution in [1.29, 1.82) is 0 Å². The Labute approximate surface area is 157 Å². The Bertz CT molecular complexity index is 827. The highest BCUT2D eigenvalue weighted by molar-refractivity contribution is 6.05. The quantitative estimate of drug-likeness (QED) is 0.665. The standard InChI is InChI=1S/C20H24N4O3/c25-17-5-4-15(18(26)23-17)24-9-14-12(2-1-3-13(14)19(24)27)8-22-16-6-7-20(16)10-21-11-20/h1-3,15-16,21-22H,4-11H2,(H,23,25,26). The molecule has 7 nitrogen and oxygen atoms in total. The van der Waals surface area contributed by atoms with E-state index in [4.69, 9.17) is 0 Å². The third-order valence-corrected chi connectivity index (χ3v) is 6.84. The molecule has 1 saturated carbocycles. The van der Waals surface area contributed by atoms with E-state index in [-0.39, 0.29) is 24.1 Å². The Balaban J connectivity index is 1.32. The zero-order valence-corrected chi connectivity index (χ0v) is 15.2. The van der Waals surface area contributed by atoms with Gasteiger partial charge >= 0.3 is 0 Å². The highest BCUT2D eigenvalue weighted by atomic mass is 16.2. The normalized spacial score (nSPS) is 28.6. The van der Waals surface area contributed by atoms with Crippen LogP contribution in [0, 0.1) is 5.41 Å². The van der Waals surface area contributed by atoms with Crippen molar-refractivity contribution in [2.75, 3.05) is 13.1 Å². The van der Waals surface area contributed by atoms with Crippen molar-refractivity contribution in [3.05, 3.63) is 34.9 Å². The summed E-state index contributed by atoms with van der Waals surface area (Å²) in [6.07, 6.45) is 3.17. The molecule has 2 unspecified atom stereocenters. The predicted octanol–water partition coefficient (Wildman–Crippen LogP) is 0.289. The SMILES string of the molecule is O=C1CCC(N2Cc3c(CNC4CCC45CNC5)cccc3C2=O)C(=O)N1. The number of hydrogen-bond acceptors (Lipinski definition) is 5. The molecule has 0 aromatic heterocycles. The van der Waals surface area contributed by atoms with E-state index in [1.54, 1.807) is 4.90 Å². The molecule has 3 amide bonds. The lowest BCUT2D eigenvalue weighted by Crippen LogP contribution is -2.68. The fourth-order valence-electron chi connectivity index (χ4n) is 4.93. The minimum absolute atomic E-state index is 0.107. The van der Waals surface area contributed by atoms with Crippen LogP contribution in [0.25, 0.3) is 0 Å². The van der Waals surface area contributed by atoms with Gasteiger partial charge in [0, 0.05) is 49.6 Å². The average molecular weight is 368 g/mol. The van der Waals surface area contributed by atoms with Crippen LogP contribution in [0.3, 0.4) is 0 Å². The third kappa shape index (κ3) is 2.60. The minimum atomic E-state index is -0.556. The highest BCUT2D eigenvalue weighted by Gasteiger charge is 2.50. The van der Waals surface area contributed by atoms with Crippen LogP contribution >= 0.6 is 0 Å². The Morgan fingerprint density at radius 1 is 1.19 bits per heavy atom. The Hall–Kier alpha value is -2.25. The lowest BCUT2D eigenvalue weighted by Gasteiger charge is -2.56. The number of fused-ring (bicyclic) bond motifs is 1. The van der Waals surface area contributed by atoms with Crippen LogP contribution < -0.4 is 16.0 Å². The van der Waals surface area contributed by atoms with Gasteiger partial charge in [-0.3, -0.25) is 19.7 Å². The molecule has 142 valence electrons. The Morgan fingerprint density at radius 3 is 2.70 bits per heavy atom. The maximum atomic E-state index is 12.9. The number of amides is 3. The highest BCUT2D eigenvalue weighted by Crippen LogP contribution is 2.44. The van der Waals surface area contributed by atoms with E-state index in [2.05, 4.69) is 22.0 Å². The summed E-state index contributed by atoms with van der Waals surface area (Å²) in [6, 6.07) is 5.81. The fourth-order valence-corrected chi connectivity index (χ4v) is 4.93. The molecule has 27 heavy (non-hydrogen) atoms. The topological polar surface area (TPSA) is 90.5 Å². The van der Waals surface area contributed by atoms with Gasteiger partial charge in [-0.1, -0.05) is 12.1 Å². The van der Waals surface area contributed by atoms with Gasteiger partial charge in [0.05, 0.1) is 0 Å². The lowest BCUT2D eigenvalue weighted by molar-refractivity contribution is -0.136. The van der Waals surface area contributed by atoms with Gasteiger partial charge in [-0.15, -0.1) is 0 Å². The number of benzene rings is 1. The van der Waals surface area contributed by atoms with Crippen molar-refractivity contribution in [2.24, 2.45) is 5.41 Å². The van der Waals surface area contributed by atoms with E-state index < -0.39 is 6.04 Å². The van der Waals surface area contributed by atoms with Gasteiger partial charge < -0.3 is 15.5 Å². The zero-order chi connectivity index (χ0) is 18.6. The fraction of sp³-hybridized carbons (Fsp3) is 0.550. The van der Waals surface area contributed by atoms with Gasteiger partial charge in [-0.05, 0) is 36.5 Å².